The molecule has 1 atom stereocenters. The number of carbonyl (C=O) groups is 1. The van der Waals surface area contributed by atoms with Crippen molar-refractivity contribution in [1.82, 2.24) is 4.31 Å². The van der Waals surface area contributed by atoms with E-state index in [1.807, 2.05) is 0 Å². The van der Waals surface area contributed by atoms with E-state index in [4.69, 9.17) is 23.1 Å². The van der Waals surface area contributed by atoms with Gasteiger partial charge < -0.3 is 11.5 Å². The molecule has 1 fully saturated rings. The van der Waals surface area contributed by atoms with Crippen LogP contribution in [0.1, 0.15) is 12.8 Å². The van der Waals surface area contributed by atoms with Crippen LogP contribution < -0.4 is 11.5 Å². The first-order valence-electron chi connectivity index (χ1n) is 5.92. The largest absolute Gasteiger partial charge is 0.395 e. The molecule has 0 saturated carbocycles. The van der Waals surface area contributed by atoms with Crippen LogP contribution in [0.2, 0.25) is 5.02 Å². The third kappa shape index (κ3) is 2.75. The number of hydrogen-bond acceptors (Lipinski definition) is 4. The van der Waals surface area contributed by atoms with Gasteiger partial charge in [0.1, 0.15) is 10.9 Å². The molecule has 1 amide bonds. The highest BCUT2D eigenvalue weighted by Crippen LogP contribution is 2.37. The molecule has 2 rings (SSSR count). The molecule has 21 heavy (non-hydrogen) atoms. The quantitative estimate of drug-likeness (QED) is 0.591. The number of carbonyl (C=O) groups excluding carboxylic acids is 1. The van der Waals surface area contributed by atoms with Crippen LogP contribution in [0.15, 0.2) is 15.4 Å². The summed E-state index contributed by atoms with van der Waals surface area (Å²) in [7, 11) is -4.25. The van der Waals surface area contributed by atoms with Gasteiger partial charge in [-0.25, -0.2) is 12.8 Å². The molecule has 1 unspecified atom stereocenters. The highest BCUT2D eigenvalue weighted by Gasteiger charge is 2.40. The normalized spacial score (nSPS) is 19.9. The molecule has 1 aliphatic heterocycles. The van der Waals surface area contributed by atoms with Crippen molar-refractivity contribution < 1.29 is 17.6 Å². The van der Waals surface area contributed by atoms with Crippen molar-refractivity contribution in [2.24, 2.45) is 5.73 Å². The maximum Gasteiger partial charge on any atom is 0.246 e. The lowest BCUT2D eigenvalue weighted by Crippen LogP contribution is -2.43. The molecular formula is C11H12BrClFN3O3S. The number of primary amides is 1. The minimum Gasteiger partial charge on any atom is -0.395 e. The van der Waals surface area contributed by atoms with Crippen molar-refractivity contribution in [2.75, 3.05) is 12.3 Å². The minimum absolute atomic E-state index is 0.0395. The number of rotatable bonds is 3. The van der Waals surface area contributed by atoms with Gasteiger partial charge in [0.05, 0.1) is 15.2 Å². The molecule has 0 aliphatic carbocycles. The van der Waals surface area contributed by atoms with Gasteiger partial charge in [-0.05, 0) is 34.8 Å². The Morgan fingerprint density at radius 1 is 1.52 bits per heavy atom. The van der Waals surface area contributed by atoms with E-state index < -0.39 is 38.4 Å². The Hall–Kier alpha value is -0.900. The van der Waals surface area contributed by atoms with Crippen molar-refractivity contribution >= 4 is 49.1 Å². The molecule has 10 heteroatoms. The van der Waals surface area contributed by atoms with E-state index in [-0.39, 0.29) is 16.0 Å². The van der Waals surface area contributed by atoms with Crippen LogP contribution in [0.4, 0.5) is 10.1 Å². The van der Waals surface area contributed by atoms with E-state index in [1.54, 1.807) is 0 Å². The van der Waals surface area contributed by atoms with Gasteiger partial charge in [-0.1, -0.05) is 11.6 Å². The second kappa shape index (κ2) is 5.71. The summed E-state index contributed by atoms with van der Waals surface area (Å²) in [6.45, 7) is 0.0863. The molecule has 0 radical (unpaired) electrons. The smallest absolute Gasteiger partial charge is 0.246 e. The van der Waals surface area contributed by atoms with Crippen LogP contribution in [0.25, 0.3) is 0 Å². The Balaban J connectivity index is 2.58. The standard InChI is InChI=1S/C11H12BrClFN3O3S/c12-8-5(13)4-7(9(14)10(8)15)21(19,20)17-3-1-2-6(17)11(16)18/h4,6H,1-3,15H2,(H2,16,18). The second-order valence-corrected chi connectivity index (χ2v) is 7.63. The Morgan fingerprint density at radius 2 is 2.14 bits per heavy atom. The van der Waals surface area contributed by atoms with E-state index in [2.05, 4.69) is 15.9 Å². The predicted molar refractivity (Wildman–Crippen MR) is 79.6 cm³/mol. The second-order valence-electron chi connectivity index (χ2n) is 4.57. The average molecular weight is 401 g/mol. The monoisotopic (exact) mass is 399 g/mol. The van der Waals surface area contributed by atoms with E-state index in [0.29, 0.717) is 12.8 Å². The number of hydrogen-bond donors (Lipinski definition) is 2. The number of amides is 1. The van der Waals surface area contributed by atoms with Crippen molar-refractivity contribution in [1.29, 1.82) is 0 Å². The van der Waals surface area contributed by atoms with Crippen LogP contribution in [-0.4, -0.2) is 31.2 Å². The SMILES string of the molecule is NC(=O)C1CCCN1S(=O)(=O)c1cc(Cl)c(Br)c(N)c1F. The van der Waals surface area contributed by atoms with Crippen molar-refractivity contribution in [3.8, 4) is 0 Å². The molecule has 4 N–H and O–H groups in total. The lowest BCUT2D eigenvalue weighted by Gasteiger charge is -2.22. The third-order valence-electron chi connectivity index (χ3n) is 3.28. The molecule has 1 aliphatic rings. The molecule has 0 spiro atoms. The molecule has 1 aromatic carbocycles. The van der Waals surface area contributed by atoms with E-state index in [9.17, 15) is 17.6 Å². The number of nitrogen functional groups attached to an aromatic ring is 1. The highest BCUT2D eigenvalue weighted by molar-refractivity contribution is 9.10. The maximum atomic E-state index is 14.2. The summed E-state index contributed by atoms with van der Waals surface area (Å²) in [6.07, 6.45) is 0.768. The molecule has 1 aromatic rings. The number of anilines is 1. The summed E-state index contributed by atoms with van der Waals surface area (Å²) in [5.74, 6) is -1.88. The van der Waals surface area contributed by atoms with Crippen LogP contribution in [-0.2, 0) is 14.8 Å². The molecule has 6 nitrogen and oxygen atoms in total. The minimum atomic E-state index is -4.25. The van der Waals surface area contributed by atoms with Crippen LogP contribution in [0, 0.1) is 5.82 Å². The van der Waals surface area contributed by atoms with Crippen LogP contribution in [0.3, 0.4) is 0 Å². The molecule has 0 bridgehead atoms. The van der Waals surface area contributed by atoms with Gasteiger partial charge in [-0.15, -0.1) is 0 Å². The number of halogens is 3. The zero-order chi connectivity index (χ0) is 15.9. The third-order valence-corrected chi connectivity index (χ3v) is 6.56. The molecule has 1 saturated heterocycles. The number of sulfonamides is 1. The lowest BCUT2D eigenvalue weighted by atomic mass is 10.2. The van der Waals surface area contributed by atoms with E-state index >= 15 is 0 Å². The van der Waals surface area contributed by atoms with Crippen LogP contribution >= 0.6 is 27.5 Å². The Morgan fingerprint density at radius 3 is 2.71 bits per heavy atom. The fourth-order valence-electron chi connectivity index (χ4n) is 2.23. The summed E-state index contributed by atoms with van der Waals surface area (Å²) >= 11 is 8.80. The zero-order valence-corrected chi connectivity index (χ0v) is 13.8. The van der Waals surface area contributed by atoms with Gasteiger partial charge in [0.15, 0.2) is 5.82 Å². The maximum absolute atomic E-state index is 14.2. The lowest BCUT2D eigenvalue weighted by molar-refractivity contribution is -0.121. The zero-order valence-electron chi connectivity index (χ0n) is 10.6. The summed E-state index contributed by atoms with van der Waals surface area (Å²) < 4.78 is 40.2. The summed E-state index contributed by atoms with van der Waals surface area (Å²) in [4.78, 5) is 10.7. The fourth-order valence-corrected chi connectivity index (χ4v) is 4.56. The van der Waals surface area contributed by atoms with Gasteiger partial charge >= 0.3 is 0 Å². The first kappa shape index (κ1) is 16.5. The fraction of sp³-hybridized carbons (Fsp3) is 0.364. The summed E-state index contributed by atoms with van der Waals surface area (Å²) in [5, 5.41) is -0.0395. The molecular weight excluding hydrogens is 389 g/mol. The predicted octanol–water partition coefficient (Wildman–Crippen LogP) is 1.46. The van der Waals surface area contributed by atoms with Gasteiger partial charge in [0.2, 0.25) is 15.9 Å². The Labute approximate surface area is 134 Å². The van der Waals surface area contributed by atoms with Crippen LogP contribution in [0.5, 0.6) is 0 Å². The molecule has 116 valence electrons. The van der Waals surface area contributed by atoms with Crippen molar-refractivity contribution in [2.45, 2.75) is 23.8 Å². The van der Waals surface area contributed by atoms with Gasteiger partial charge in [0, 0.05) is 6.54 Å². The Bertz CT molecular complexity index is 713. The summed E-state index contributed by atoms with van der Waals surface area (Å²) in [5.41, 5.74) is 10.3. The first-order chi connectivity index (χ1) is 9.67. The number of nitrogens with zero attached hydrogens (tertiary/aromatic N) is 1. The number of benzene rings is 1. The summed E-state index contributed by atoms with van der Waals surface area (Å²) in [6, 6.07) is -0.0266. The van der Waals surface area contributed by atoms with Crippen molar-refractivity contribution in [3.05, 3.63) is 21.4 Å². The van der Waals surface area contributed by atoms with E-state index in [0.717, 1.165) is 10.4 Å². The Kier molecular flexibility index (Phi) is 4.48. The first-order valence-corrected chi connectivity index (χ1v) is 8.53. The molecule has 1 heterocycles. The topological polar surface area (TPSA) is 106 Å². The highest BCUT2D eigenvalue weighted by atomic mass is 79.9. The van der Waals surface area contributed by atoms with Crippen molar-refractivity contribution in [3.63, 3.8) is 0 Å². The van der Waals surface area contributed by atoms with E-state index in [1.165, 1.54) is 0 Å². The average Bonchev–Trinajstić information content (AvgIpc) is 2.90. The number of nitrogens with two attached hydrogens (primary N) is 2. The molecule has 0 aromatic heterocycles. The van der Waals surface area contributed by atoms with Gasteiger partial charge in [0.25, 0.3) is 0 Å². The van der Waals surface area contributed by atoms with Gasteiger partial charge in [-0.3, -0.25) is 4.79 Å². The van der Waals surface area contributed by atoms with Gasteiger partial charge in [-0.2, -0.15) is 4.31 Å².